The first kappa shape index (κ1) is 20.6. The van der Waals surface area contributed by atoms with Gasteiger partial charge in [-0.05, 0) is 37.1 Å². The predicted octanol–water partition coefficient (Wildman–Crippen LogP) is 2.14. The average Bonchev–Trinajstić information content (AvgIpc) is 3.37. The van der Waals surface area contributed by atoms with Gasteiger partial charge in [-0.15, -0.1) is 0 Å². The highest BCUT2D eigenvalue weighted by Crippen LogP contribution is 2.17. The Morgan fingerprint density at radius 3 is 2.72 bits per heavy atom. The number of carbonyl (C=O) groups is 2. The van der Waals surface area contributed by atoms with Crippen LogP contribution in [0.4, 0.5) is 0 Å². The van der Waals surface area contributed by atoms with Gasteiger partial charge in [-0.1, -0.05) is 12.1 Å². The van der Waals surface area contributed by atoms with Crippen LogP contribution in [0, 0.1) is 0 Å². The number of hydrogen-bond acceptors (Lipinski definition) is 5. The number of furan rings is 1. The molecule has 8 heteroatoms. The summed E-state index contributed by atoms with van der Waals surface area (Å²) in [5.41, 5.74) is 1.78. The van der Waals surface area contributed by atoms with Gasteiger partial charge >= 0.3 is 0 Å². The van der Waals surface area contributed by atoms with Crippen LogP contribution in [0.3, 0.4) is 0 Å². The molecule has 0 radical (unpaired) electrons. The number of imidazole rings is 1. The van der Waals surface area contributed by atoms with Crippen molar-refractivity contribution in [2.24, 2.45) is 0 Å². The number of nitrogens with one attached hydrogen (secondary N) is 2. The number of aryl methyl sites for hydroxylation is 1. The van der Waals surface area contributed by atoms with Crippen molar-refractivity contribution >= 4 is 22.8 Å². The fourth-order valence-electron chi connectivity index (χ4n) is 3.08. The van der Waals surface area contributed by atoms with E-state index in [0.29, 0.717) is 38.3 Å². The molecule has 3 rings (SSSR count). The minimum Gasteiger partial charge on any atom is -0.459 e. The minimum absolute atomic E-state index is 0.0587. The Kier molecular flexibility index (Phi) is 7.40. The number of amides is 2. The van der Waals surface area contributed by atoms with Crippen LogP contribution in [0.25, 0.3) is 11.0 Å². The average molecular weight is 398 g/mol. The van der Waals surface area contributed by atoms with E-state index < -0.39 is 0 Å². The SMILES string of the molecule is COCCCNC(=O)Cn1c(CCCNC(=O)c2ccco2)nc2ccccc21. The van der Waals surface area contributed by atoms with E-state index in [9.17, 15) is 9.59 Å². The Morgan fingerprint density at radius 1 is 1.10 bits per heavy atom. The molecule has 2 heterocycles. The number of nitrogens with zero attached hydrogens (tertiary/aromatic N) is 2. The van der Waals surface area contributed by atoms with Gasteiger partial charge in [0.15, 0.2) is 5.76 Å². The molecule has 0 fully saturated rings. The molecule has 0 aliphatic heterocycles. The summed E-state index contributed by atoms with van der Waals surface area (Å²) in [6.45, 7) is 1.89. The maximum atomic E-state index is 12.4. The van der Waals surface area contributed by atoms with Gasteiger partial charge in [0, 0.05) is 33.2 Å². The van der Waals surface area contributed by atoms with Crippen LogP contribution >= 0.6 is 0 Å². The summed E-state index contributed by atoms with van der Waals surface area (Å²) in [6, 6.07) is 11.1. The number of rotatable bonds is 11. The van der Waals surface area contributed by atoms with E-state index in [4.69, 9.17) is 9.15 Å². The zero-order chi connectivity index (χ0) is 20.5. The molecule has 0 saturated carbocycles. The van der Waals surface area contributed by atoms with Crippen LogP contribution in [-0.2, 0) is 22.5 Å². The third-order valence-corrected chi connectivity index (χ3v) is 4.49. The molecule has 0 saturated heterocycles. The van der Waals surface area contributed by atoms with E-state index in [1.54, 1.807) is 19.2 Å². The van der Waals surface area contributed by atoms with Crippen LogP contribution in [0.15, 0.2) is 47.1 Å². The molecule has 0 aliphatic carbocycles. The Labute approximate surface area is 169 Å². The first-order valence-corrected chi connectivity index (χ1v) is 9.70. The van der Waals surface area contributed by atoms with Gasteiger partial charge in [-0.25, -0.2) is 4.98 Å². The molecule has 154 valence electrons. The Morgan fingerprint density at radius 2 is 1.93 bits per heavy atom. The van der Waals surface area contributed by atoms with Crippen LogP contribution in [0.1, 0.15) is 29.2 Å². The number of aromatic nitrogens is 2. The van der Waals surface area contributed by atoms with Gasteiger partial charge in [-0.2, -0.15) is 0 Å². The predicted molar refractivity (Wildman–Crippen MR) is 109 cm³/mol. The molecule has 0 aliphatic rings. The fraction of sp³-hybridized carbons (Fsp3) is 0.381. The molecule has 1 aromatic carbocycles. The normalized spacial score (nSPS) is 10.9. The van der Waals surface area contributed by atoms with E-state index in [-0.39, 0.29) is 18.4 Å². The number of hydrogen-bond donors (Lipinski definition) is 2. The van der Waals surface area contributed by atoms with Crippen molar-refractivity contribution in [2.45, 2.75) is 25.8 Å². The molecule has 8 nitrogen and oxygen atoms in total. The zero-order valence-corrected chi connectivity index (χ0v) is 16.5. The molecule has 0 bridgehead atoms. The van der Waals surface area contributed by atoms with Crippen LogP contribution in [0.5, 0.6) is 0 Å². The third kappa shape index (κ3) is 5.68. The lowest BCUT2D eigenvalue weighted by Crippen LogP contribution is -2.29. The highest BCUT2D eigenvalue weighted by molar-refractivity contribution is 5.91. The van der Waals surface area contributed by atoms with E-state index in [1.807, 2.05) is 28.8 Å². The number of methoxy groups -OCH3 is 1. The molecule has 29 heavy (non-hydrogen) atoms. The lowest BCUT2D eigenvalue weighted by Gasteiger charge is -2.10. The topological polar surface area (TPSA) is 98.4 Å². The highest BCUT2D eigenvalue weighted by atomic mass is 16.5. The summed E-state index contributed by atoms with van der Waals surface area (Å²) in [7, 11) is 1.64. The van der Waals surface area contributed by atoms with E-state index in [1.165, 1.54) is 6.26 Å². The fourth-order valence-corrected chi connectivity index (χ4v) is 3.08. The van der Waals surface area contributed by atoms with Gasteiger partial charge in [-0.3, -0.25) is 9.59 Å². The highest BCUT2D eigenvalue weighted by Gasteiger charge is 2.14. The van der Waals surface area contributed by atoms with E-state index >= 15 is 0 Å². The Bertz CT molecular complexity index is 933. The standard InChI is InChI=1S/C21H26N4O4/c1-28-13-6-12-22-20(26)15-25-17-8-3-2-7-16(17)24-19(25)10-4-11-23-21(27)18-9-5-14-29-18/h2-3,5,7-9,14H,4,6,10-13,15H2,1H3,(H,22,26)(H,23,27). The minimum atomic E-state index is -0.237. The molecule has 3 aromatic rings. The number of para-hydroxylation sites is 2. The summed E-state index contributed by atoms with van der Waals surface area (Å²) in [6.07, 6.45) is 3.59. The Balaban J connectivity index is 1.59. The summed E-state index contributed by atoms with van der Waals surface area (Å²) in [5, 5.41) is 5.74. The monoisotopic (exact) mass is 398 g/mol. The van der Waals surface area contributed by atoms with Crippen LogP contribution in [-0.4, -0.2) is 48.2 Å². The van der Waals surface area contributed by atoms with Crippen molar-refractivity contribution < 1.29 is 18.7 Å². The summed E-state index contributed by atoms with van der Waals surface area (Å²) >= 11 is 0. The first-order chi connectivity index (χ1) is 14.2. The summed E-state index contributed by atoms with van der Waals surface area (Å²) < 4.78 is 12.0. The van der Waals surface area contributed by atoms with Crippen molar-refractivity contribution in [3.05, 3.63) is 54.2 Å². The molecular weight excluding hydrogens is 372 g/mol. The number of ether oxygens (including phenoxy) is 1. The first-order valence-electron chi connectivity index (χ1n) is 9.70. The molecular formula is C21H26N4O4. The third-order valence-electron chi connectivity index (χ3n) is 4.49. The van der Waals surface area contributed by atoms with Crippen LogP contribution in [0.2, 0.25) is 0 Å². The summed E-state index contributed by atoms with van der Waals surface area (Å²) in [5.74, 6) is 0.823. The zero-order valence-electron chi connectivity index (χ0n) is 16.5. The second-order valence-electron chi connectivity index (χ2n) is 6.64. The van der Waals surface area contributed by atoms with E-state index in [0.717, 1.165) is 23.3 Å². The summed E-state index contributed by atoms with van der Waals surface area (Å²) in [4.78, 5) is 29.0. The van der Waals surface area contributed by atoms with Crippen molar-refractivity contribution in [1.29, 1.82) is 0 Å². The van der Waals surface area contributed by atoms with Crippen molar-refractivity contribution in [1.82, 2.24) is 20.2 Å². The second-order valence-corrected chi connectivity index (χ2v) is 6.64. The number of benzene rings is 1. The van der Waals surface area contributed by atoms with Gasteiger partial charge in [0.05, 0.1) is 17.3 Å². The van der Waals surface area contributed by atoms with Crippen molar-refractivity contribution in [3.8, 4) is 0 Å². The quantitative estimate of drug-likeness (QED) is 0.482. The van der Waals surface area contributed by atoms with Gasteiger partial charge in [0.2, 0.25) is 5.91 Å². The van der Waals surface area contributed by atoms with E-state index in [2.05, 4.69) is 15.6 Å². The molecule has 0 unspecified atom stereocenters. The number of fused-ring (bicyclic) bond motifs is 1. The lowest BCUT2D eigenvalue weighted by molar-refractivity contribution is -0.121. The van der Waals surface area contributed by atoms with Gasteiger partial charge in [0.25, 0.3) is 5.91 Å². The van der Waals surface area contributed by atoms with Crippen LogP contribution < -0.4 is 10.6 Å². The largest absolute Gasteiger partial charge is 0.459 e. The molecule has 2 N–H and O–H groups in total. The molecule has 2 amide bonds. The van der Waals surface area contributed by atoms with Gasteiger partial charge in [0.1, 0.15) is 12.4 Å². The lowest BCUT2D eigenvalue weighted by atomic mass is 10.3. The molecule has 0 spiro atoms. The van der Waals surface area contributed by atoms with Gasteiger partial charge < -0.3 is 24.4 Å². The smallest absolute Gasteiger partial charge is 0.286 e. The maximum Gasteiger partial charge on any atom is 0.286 e. The maximum absolute atomic E-state index is 12.4. The van der Waals surface area contributed by atoms with Crippen molar-refractivity contribution in [2.75, 3.05) is 26.8 Å². The second kappa shape index (κ2) is 10.4. The Hall–Kier alpha value is -3.13. The number of carbonyl (C=O) groups excluding carboxylic acids is 2. The van der Waals surface area contributed by atoms with Crippen molar-refractivity contribution in [3.63, 3.8) is 0 Å². The molecule has 2 aromatic heterocycles. The molecule has 0 atom stereocenters.